The highest BCUT2D eigenvalue weighted by Crippen LogP contribution is 2.29. The number of carbonyl (C=O) groups is 2. The van der Waals surface area contributed by atoms with E-state index in [0.717, 1.165) is 0 Å². The lowest BCUT2D eigenvalue weighted by Crippen LogP contribution is -2.64. The normalized spacial score (nSPS) is 21.0. The van der Waals surface area contributed by atoms with Crippen molar-refractivity contribution in [2.75, 3.05) is 19.6 Å². The van der Waals surface area contributed by atoms with E-state index in [-0.39, 0.29) is 6.03 Å². The Labute approximate surface area is 127 Å². The molecule has 1 rings (SSSR count). The number of hydrogen-bond donors (Lipinski definition) is 1. The van der Waals surface area contributed by atoms with Crippen molar-refractivity contribution in [1.82, 2.24) is 9.80 Å². The van der Waals surface area contributed by atoms with Crippen LogP contribution in [0.25, 0.3) is 0 Å². The molecule has 0 saturated carbocycles. The van der Waals surface area contributed by atoms with Gasteiger partial charge in [-0.3, -0.25) is 0 Å². The van der Waals surface area contributed by atoms with Crippen molar-refractivity contribution < 1.29 is 19.4 Å². The van der Waals surface area contributed by atoms with Crippen molar-refractivity contribution in [2.45, 2.75) is 65.2 Å². The summed E-state index contributed by atoms with van der Waals surface area (Å²) in [5, 5.41) is 9.36. The van der Waals surface area contributed by atoms with Gasteiger partial charge in [-0.2, -0.15) is 0 Å². The number of rotatable bonds is 3. The average molecular weight is 300 g/mol. The largest absolute Gasteiger partial charge is 0.480 e. The third kappa shape index (κ3) is 3.87. The molecule has 0 atom stereocenters. The maximum Gasteiger partial charge on any atom is 0.329 e. The van der Waals surface area contributed by atoms with Crippen molar-refractivity contribution >= 4 is 12.0 Å². The van der Waals surface area contributed by atoms with Gasteiger partial charge in [0.2, 0.25) is 0 Å². The van der Waals surface area contributed by atoms with Crippen molar-refractivity contribution in [3.8, 4) is 0 Å². The Morgan fingerprint density at radius 1 is 1.19 bits per heavy atom. The van der Waals surface area contributed by atoms with E-state index in [1.807, 2.05) is 27.7 Å². The highest BCUT2D eigenvalue weighted by molar-refractivity contribution is 5.85. The number of carbonyl (C=O) groups excluding carboxylic acids is 1. The van der Waals surface area contributed by atoms with E-state index in [1.165, 1.54) is 4.90 Å². The smallest absolute Gasteiger partial charge is 0.329 e. The van der Waals surface area contributed by atoms with Gasteiger partial charge in [0.05, 0.1) is 24.3 Å². The van der Waals surface area contributed by atoms with Crippen molar-refractivity contribution in [2.24, 2.45) is 0 Å². The first-order chi connectivity index (χ1) is 9.32. The number of likely N-dealkylation sites (N-methyl/N-ethyl adjacent to an activating group) is 1. The molecule has 1 aliphatic heterocycles. The molecular weight excluding hydrogens is 272 g/mol. The van der Waals surface area contributed by atoms with Gasteiger partial charge in [0.25, 0.3) is 0 Å². The monoisotopic (exact) mass is 300 g/mol. The van der Waals surface area contributed by atoms with E-state index in [9.17, 15) is 14.7 Å². The molecule has 6 heteroatoms. The molecule has 1 heterocycles. The van der Waals surface area contributed by atoms with Gasteiger partial charge in [0, 0.05) is 6.54 Å². The van der Waals surface area contributed by atoms with Crippen LogP contribution >= 0.6 is 0 Å². The van der Waals surface area contributed by atoms with Crippen molar-refractivity contribution in [3.63, 3.8) is 0 Å². The molecule has 0 aromatic rings. The summed E-state index contributed by atoms with van der Waals surface area (Å²) in [7, 11) is 0. The number of morpholine rings is 1. The van der Waals surface area contributed by atoms with Gasteiger partial charge in [-0.05, 0) is 48.5 Å². The molecule has 1 N–H and O–H groups in total. The average Bonchev–Trinajstić information content (AvgIpc) is 2.24. The predicted molar refractivity (Wildman–Crippen MR) is 80.3 cm³/mol. The second-order valence-electron chi connectivity index (χ2n) is 7.37. The van der Waals surface area contributed by atoms with E-state index in [4.69, 9.17) is 4.74 Å². The number of hydrogen-bond acceptors (Lipinski definition) is 3. The zero-order valence-electron chi connectivity index (χ0n) is 14.2. The number of aliphatic carboxylic acids is 1. The lowest BCUT2D eigenvalue weighted by atomic mass is 9.98. The summed E-state index contributed by atoms with van der Waals surface area (Å²) in [6, 6.07) is -0.255. The van der Waals surface area contributed by atoms with Crippen LogP contribution < -0.4 is 0 Å². The second kappa shape index (κ2) is 5.48. The molecule has 1 aliphatic rings. The zero-order valence-corrected chi connectivity index (χ0v) is 14.2. The summed E-state index contributed by atoms with van der Waals surface area (Å²) in [6.07, 6.45) is 0. The zero-order chi connectivity index (χ0) is 16.6. The summed E-state index contributed by atoms with van der Waals surface area (Å²) in [4.78, 5) is 27.3. The Balaban J connectivity index is 3.03. The van der Waals surface area contributed by atoms with Crippen LogP contribution in [0.4, 0.5) is 4.79 Å². The fourth-order valence-electron chi connectivity index (χ4n) is 2.98. The summed E-state index contributed by atoms with van der Waals surface area (Å²) in [6.45, 7) is 13.9. The minimum absolute atomic E-state index is 0.255. The number of nitrogens with zero attached hydrogens (tertiary/aromatic N) is 2. The third-order valence-corrected chi connectivity index (χ3v) is 3.71. The molecule has 6 nitrogen and oxygen atoms in total. The number of ether oxygens (including phenoxy) is 1. The Bertz CT molecular complexity index is 413. The molecule has 21 heavy (non-hydrogen) atoms. The molecule has 0 spiro atoms. The summed E-state index contributed by atoms with van der Waals surface area (Å²) in [5.74, 6) is -1.01. The number of urea groups is 1. The molecule has 0 aromatic carbocycles. The minimum Gasteiger partial charge on any atom is -0.480 e. The summed E-state index contributed by atoms with van der Waals surface area (Å²) < 4.78 is 5.96. The van der Waals surface area contributed by atoms with Crippen LogP contribution in [0.5, 0.6) is 0 Å². The molecule has 0 unspecified atom stereocenters. The third-order valence-electron chi connectivity index (χ3n) is 3.71. The molecule has 0 aromatic heterocycles. The lowest BCUT2D eigenvalue weighted by Gasteiger charge is -2.49. The Morgan fingerprint density at radius 3 is 1.95 bits per heavy atom. The predicted octanol–water partition coefficient (Wildman–Crippen LogP) is 2.18. The Kier molecular flexibility index (Phi) is 4.63. The van der Waals surface area contributed by atoms with E-state index >= 15 is 0 Å². The SMILES string of the molecule is CCN(C(=O)N1CC(C)(C)OC(C)(C)C1)C(C)(C)C(=O)O. The van der Waals surface area contributed by atoms with Crippen molar-refractivity contribution in [1.29, 1.82) is 0 Å². The van der Waals surface area contributed by atoms with Crippen LogP contribution in [0, 0.1) is 0 Å². The van der Waals surface area contributed by atoms with Gasteiger partial charge in [0.15, 0.2) is 0 Å². The van der Waals surface area contributed by atoms with Crippen molar-refractivity contribution in [3.05, 3.63) is 0 Å². The topological polar surface area (TPSA) is 70.1 Å². The quantitative estimate of drug-likeness (QED) is 0.867. The summed E-state index contributed by atoms with van der Waals surface area (Å²) in [5.41, 5.74) is -2.15. The first kappa shape index (κ1) is 17.8. The van der Waals surface area contributed by atoms with Gasteiger partial charge in [-0.15, -0.1) is 0 Å². The van der Waals surface area contributed by atoms with Crippen LogP contribution in [0.3, 0.4) is 0 Å². The number of carboxylic acid groups (broad SMARTS) is 1. The van der Waals surface area contributed by atoms with Gasteiger partial charge in [-0.1, -0.05) is 0 Å². The molecule has 1 saturated heterocycles. The van der Waals surface area contributed by atoms with Crippen LogP contribution in [0.15, 0.2) is 0 Å². The molecule has 2 amide bonds. The maximum atomic E-state index is 12.8. The fourth-order valence-corrected chi connectivity index (χ4v) is 2.98. The first-order valence-corrected chi connectivity index (χ1v) is 7.32. The molecule has 0 aliphatic carbocycles. The van der Waals surface area contributed by atoms with Gasteiger partial charge in [-0.25, -0.2) is 9.59 Å². The molecule has 0 bridgehead atoms. The lowest BCUT2D eigenvalue weighted by molar-refractivity contribution is -0.173. The Hall–Kier alpha value is -1.30. The second-order valence-corrected chi connectivity index (χ2v) is 7.37. The van der Waals surface area contributed by atoms with E-state index in [0.29, 0.717) is 19.6 Å². The van der Waals surface area contributed by atoms with E-state index in [1.54, 1.807) is 25.7 Å². The van der Waals surface area contributed by atoms with Crippen LogP contribution in [0.1, 0.15) is 48.5 Å². The molecule has 0 radical (unpaired) electrons. The number of amides is 2. The highest BCUT2D eigenvalue weighted by atomic mass is 16.5. The van der Waals surface area contributed by atoms with Gasteiger partial charge < -0.3 is 19.6 Å². The minimum atomic E-state index is -1.24. The fraction of sp³-hybridized carbons (Fsp3) is 0.867. The number of carboxylic acids is 1. The van der Waals surface area contributed by atoms with E-state index < -0.39 is 22.7 Å². The van der Waals surface area contributed by atoms with Gasteiger partial charge in [0.1, 0.15) is 5.54 Å². The van der Waals surface area contributed by atoms with Gasteiger partial charge >= 0.3 is 12.0 Å². The van der Waals surface area contributed by atoms with Crippen LogP contribution in [-0.4, -0.2) is 63.3 Å². The highest BCUT2D eigenvalue weighted by Gasteiger charge is 2.44. The van der Waals surface area contributed by atoms with Crippen LogP contribution in [-0.2, 0) is 9.53 Å². The van der Waals surface area contributed by atoms with Crippen LogP contribution in [0.2, 0.25) is 0 Å². The van der Waals surface area contributed by atoms with E-state index in [2.05, 4.69) is 0 Å². The standard InChI is InChI=1S/C15H28N2O4/c1-8-17(15(6,7)11(18)19)12(20)16-9-13(2,3)21-14(4,5)10-16/h8-10H2,1-7H3,(H,18,19). The molecule has 122 valence electrons. The first-order valence-electron chi connectivity index (χ1n) is 7.32. The summed E-state index contributed by atoms with van der Waals surface area (Å²) >= 11 is 0. The molecule has 1 fully saturated rings. The molecular formula is C15H28N2O4. The Morgan fingerprint density at radius 2 is 1.62 bits per heavy atom. The maximum absolute atomic E-state index is 12.8.